The highest BCUT2D eigenvalue weighted by molar-refractivity contribution is 6.48. The van der Waals surface area contributed by atoms with Crippen LogP contribution in [0.15, 0.2) is 60.7 Å². The van der Waals surface area contributed by atoms with Gasteiger partial charge in [0.2, 0.25) is 0 Å². The number of esters is 2. The van der Waals surface area contributed by atoms with E-state index in [0.717, 1.165) is 62.7 Å². The van der Waals surface area contributed by atoms with Gasteiger partial charge in [-0.15, -0.1) is 0 Å². The highest BCUT2D eigenvalue weighted by atomic mass is 16.5. The van der Waals surface area contributed by atoms with Crippen molar-refractivity contribution in [3.05, 3.63) is 82.9 Å². The van der Waals surface area contributed by atoms with Gasteiger partial charge in [0.1, 0.15) is 11.5 Å². The molecular formula is C42H44N2O6. The van der Waals surface area contributed by atoms with Crippen LogP contribution in [0.3, 0.4) is 0 Å². The molecule has 4 aliphatic heterocycles. The zero-order valence-electron chi connectivity index (χ0n) is 29.3. The maximum Gasteiger partial charge on any atom is 0.345 e. The van der Waals surface area contributed by atoms with Crippen LogP contribution >= 0.6 is 0 Å². The topological polar surface area (TPSA) is 93.2 Å². The van der Waals surface area contributed by atoms with Crippen molar-refractivity contribution in [2.45, 2.75) is 79.1 Å². The molecule has 2 atom stereocenters. The van der Waals surface area contributed by atoms with E-state index in [9.17, 15) is 19.2 Å². The van der Waals surface area contributed by atoms with Crippen molar-refractivity contribution in [3.63, 3.8) is 0 Å². The van der Waals surface area contributed by atoms with Gasteiger partial charge in [0.25, 0.3) is 11.8 Å². The van der Waals surface area contributed by atoms with Crippen LogP contribution in [0.1, 0.15) is 101 Å². The van der Waals surface area contributed by atoms with Gasteiger partial charge in [0.05, 0.1) is 33.7 Å². The molecule has 0 aromatic heterocycles. The Morgan fingerprint density at radius 2 is 0.940 bits per heavy atom. The highest BCUT2D eigenvalue weighted by Gasteiger charge is 2.45. The number of fused-ring (bicyclic) bond motifs is 4. The van der Waals surface area contributed by atoms with Crippen LogP contribution < -0.4 is 19.3 Å². The number of anilines is 2. The Kier molecular flexibility index (Phi) is 9.21. The lowest BCUT2D eigenvalue weighted by Gasteiger charge is -2.23. The molecule has 0 spiro atoms. The SMILES string of the molecule is CCCCC(CC)CN1C(=O)/C(=C2/C(=O)Oc3cc4c(cc32)OC(=O)/C4=C2/C(=O)N(CC(CC)CCCC)c3ccccc32)c2ccccc21. The number of rotatable bonds is 12. The Balaban J connectivity index is 1.30. The third kappa shape index (κ3) is 5.55. The summed E-state index contributed by atoms with van der Waals surface area (Å²) in [6.07, 6.45) is 8.28. The third-order valence-electron chi connectivity index (χ3n) is 10.7. The van der Waals surface area contributed by atoms with Crippen LogP contribution in [0.5, 0.6) is 11.5 Å². The smallest absolute Gasteiger partial charge is 0.345 e. The zero-order chi connectivity index (χ0) is 35.1. The van der Waals surface area contributed by atoms with E-state index in [1.165, 1.54) is 0 Å². The van der Waals surface area contributed by atoms with Gasteiger partial charge in [-0.1, -0.05) is 103 Å². The molecular weight excluding hydrogens is 628 g/mol. The minimum absolute atomic E-state index is 0.160. The second kappa shape index (κ2) is 13.7. The van der Waals surface area contributed by atoms with Crippen LogP contribution in [0.2, 0.25) is 0 Å². The van der Waals surface area contributed by atoms with Crippen molar-refractivity contribution < 1.29 is 28.7 Å². The Morgan fingerprint density at radius 1 is 0.540 bits per heavy atom. The molecule has 8 heteroatoms. The van der Waals surface area contributed by atoms with E-state index in [2.05, 4.69) is 27.7 Å². The van der Waals surface area contributed by atoms with Gasteiger partial charge >= 0.3 is 11.9 Å². The number of para-hydroxylation sites is 2. The number of carbonyl (C=O) groups is 4. The third-order valence-corrected chi connectivity index (χ3v) is 10.7. The van der Waals surface area contributed by atoms with Crippen molar-refractivity contribution in [3.8, 4) is 11.5 Å². The van der Waals surface area contributed by atoms with Crippen molar-refractivity contribution in [1.29, 1.82) is 0 Å². The summed E-state index contributed by atoms with van der Waals surface area (Å²) in [5.74, 6) is -0.619. The molecule has 0 bridgehead atoms. The van der Waals surface area contributed by atoms with E-state index in [4.69, 9.17) is 9.47 Å². The molecule has 8 nitrogen and oxygen atoms in total. The fraction of sp³-hybridized carbons (Fsp3) is 0.381. The van der Waals surface area contributed by atoms with Crippen molar-refractivity contribution in [2.24, 2.45) is 11.8 Å². The lowest BCUT2D eigenvalue weighted by atomic mass is 9.92. The Labute approximate surface area is 293 Å². The van der Waals surface area contributed by atoms with E-state index in [-0.39, 0.29) is 34.5 Å². The largest absolute Gasteiger partial charge is 0.422 e. The van der Waals surface area contributed by atoms with Gasteiger partial charge in [-0.3, -0.25) is 9.59 Å². The van der Waals surface area contributed by atoms with Gasteiger partial charge in [-0.2, -0.15) is 0 Å². The second-order valence-corrected chi connectivity index (χ2v) is 13.8. The van der Waals surface area contributed by atoms with Crippen LogP contribution in [0, 0.1) is 11.8 Å². The molecule has 0 saturated carbocycles. The predicted molar refractivity (Wildman–Crippen MR) is 196 cm³/mol. The highest BCUT2D eigenvalue weighted by Crippen LogP contribution is 2.52. The standard InChI is InChI=1S/C42H44N2O6/c1-5-9-15-25(7-3)23-43-31-19-13-11-17-27(31)35(39(43)45)37-29-21-34-30(22-33(29)49-41(37)47)38(42(48)50-34)36-28-18-12-14-20-32(28)44(40(36)46)24-26(8-4)16-10-6-2/h11-14,17-22,25-26H,5-10,15-16,23-24H2,1-4H3/b37-35+,38-36+. The number of hydrogen-bond donors (Lipinski definition) is 0. The minimum Gasteiger partial charge on any atom is -0.422 e. The van der Waals surface area contributed by atoms with E-state index in [1.54, 1.807) is 21.9 Å². The van der Waals surface area contributed by atoms with Crippen LogP contribution in [0.25, 0.3) is 22.3 Å². The number of ether oxygens (including phenoxy) is 2. The lowest BCUT2D eigenvalue weighted by molar-refractivity contribution is -0.127. The van der Waals surface area contributed by atoms with Gasteiger partial charge in [0.15, 0.2) is 0 Å². The quantitative estimate of drug-likeness (QED) is 0.109. The van der Waals surface area contributed by atoms with Crippen LogP contribution in [-0.4, -0.2) is 36.8 Å². The Hall–Kier alpha value is -4.98. The molecule has 4 heterocycles. The van der Waals surface area contributed by atoms with E-state index in [0.29, 0.717) is 58.3 Å². The first kappa shape index (κ1) is 33.5. The number of hydrogen-bond acceptors (Lipinski definition) is 6. The molecule has 3 aromatic rings. The molecule has 3 aromatic carbocycles. The molecule has 0 saturated heterocycles. The first-order chi connectivity index (χ1) is 24.3. The molecule has 0 aliphatic carbocycles. The fourth-order valence-corrected chi connectivity index (χ4v) is 7.87. The maximum atomic E-state index is 14.2. The maximum absolute atomic E-state index is 14.2. The first-order valence-electron chi connectivity index (χ1n) is 18.2. The molecule has 7 rings (SSSR count). The summed E-state index contributed by atoms with van der Waals surface area (Å²) < 4.78 is 11.7. The molecule has 2 unspecified atom stereocenters. The summed E-state index contributed by atoms with van der Waals surface area (Å²) in [6, 6.07) is 18.3. The van der Waals surface area contributed by atoms with Gasteiger partial charge in [0, 0.05) is 35.3 Å². The van der Waals surface area contributed by atoms with E-state index >= 15 is 0 Å². The van der Waals surface area contributed by atoms with Crippen LogP contribution in [0.4, 0.5) is 11.4 Å². The number of nitrogens with zero attached hydrogens (tertiary/aromatic N) is 2. The Bertz CT molecular complexity index is 1830. The summed E-state index contributed by atoms with van der Waals surface area (Å²) in [7, 11) is 0. The first-order valence-corrected chi connectivity index (χ1v) is 18.2. The zero-order valence-corrected chi connectivity index (χ0v) is 29.3. The molecule has 4 aliphatic rings. The number of benzene rings is 3. The summed E-state index contributed by atoms with van der Waals surface area (Å²) in [4.78, 5) is 59.3. The monoisotopic (exact) mass is 672 g/mol. The van der Waals surface area contributed by atoms with Crippen molar-refractivity contribution >= 4 is 57.4 Å². The molecule has 2 amide bonds. The fourth-order valence-electron chi connectivity index (χ4n) is 7.87. The predicted octanol–water partition coefficient (Wildman–Crippen LogP) is 8.47. The average Bonchev–Trinajstić information content (AvgIpc) is 3.79. The normalized spacial score (nSPS) is 20.2. The molecule has 50 heavy (non-hydrogen) atoms. The number of unbranched alkanes of at least 4 members (excludes halogenated alkanes) is 2. The van der Waals surface area contributed by atoms with Crippen molar-refractivity contribution in [2.75, 3.05) is 22.9 Å². The number of carbonyl (C=O) groups excluding carboxylic acids is 4. The Morgan fingerprint density at radius 3 is 1.32 bits per heavy atom. The van der Waals surface area contributed by atoms with E-state index < -0.39 is 11.9 Å². The average molecular weight is 673 g/mol. The lowest BCUT2D eigenvalue weighted by Crippen LogP contribution is -2.32. The van der Waals surface area contributed by atoms with Gasteiger partial charge in [-0.25, -0.2) is 9.59 Å². The summed E-state index contributed by atoms with van der Waals surface area (Å²) in [5, 5.41) is 0. The van der Waals surface area contributed by atoms with E-state index in [1.807, 2.05) is 48.5 Å². The molecule has 258 valence electrons. The summed E-state index contributed by atoms with van der Waals surface area (Å²) >= 11 is 0. The molecule has 0 N–H and O–H groups in total. The minimum atomic E-state index is -0.631. The van der Waals surface area contributed by atoms with Crippen LogP contribution in [-0.2, 0) is 19.2 Å². The number of amides is 2. The van der Waals surface area contributed by atoms with Crippen molar-refractivity contribution in [1.82, 2.24) is 0 Å². The summed E-state index contributed by atoms with van der Waals surface area (Å²) in [5.41, 5.74) is 4.61. The summed E-state index contributed by atoms with van der Waals surface area (Å²) in [6.45, 7) is 9.75. The van der Waals surface area contributed by atoms with Gasteiger partial charge < -0.3 is 19.3 Å². The molecule has 0 radical (unpaired) electrons. The van der Waals surface area contributed by atoms with Gasteiger partial charge in [-0.05, 0) is 48.9 Å². The molecule has 0 fully saturated rings. The second-order valence-electron chi connectivity index (χ2n) is 13.8.